The van der Waals surface area contributed by atoms with E-state index in [4.69, 9.17) is 11.1 Å². The van der Waals surface area contributed by atoms with Crippen LogP contribution in [-0.4, -0.2) is 11.6 Å². The Morgan fingerprint density at radius 3 is 2.79 bits per heavy atom. The maximum Gasteiger partial charge on any atom is 0.124 e. The maximum atomic E-state index is 7.35. The Labute approximate surface area is 89.4 Å². The zero-order chi connectivity index (χ0) is 10.4. The van der Waals surface area contributed by atoms with Gasteiger partial charge < -0.3 is 5.73 Å². The molecule has 1 rings (SSSR count). The Bertz CT molecular complexity index is 388. The third-order valence-corrected chi connectivity index (χ3v) is 1.90. The summed E-state index contributed by atoms with van der Waals surface area (Å²) in [6.45, 7) is 0. The number of amidine groups is 1. The SMILES string of the molecule is N=C(N)c1ccccc1C#CCCS. The summed E-state index contributed by atoms with van der Waals surface area (Å²) in [4.78, 5) is 0. The predicted molar refractivity (Wildman–Crippen MR) is 62.8 cm³/mol. The molecule has 0 aliphatic rings. The topological polar surface area (TPSA) is 49.9 Å². The van der Waals surface area contributed by atoms with E-state index in [0.717, 1.165) is 17.7 Å². The van der Waals surface area contributed by atoms with Crippen LogP contribution in [0.1, 0.15) is 17.5 Å². The van der Waals surface area contributed by atoms with Crippen molar-refractivity contribution in [2.75, 3.05) is 5.75 Å². The van der Waals surface area contributed by atoms with E-state index in [1.54, 1.807) is 6.07 Å². The number of thiol groups is 1. The number of nitrogen functional groups attached to an aromatic ring is 1. The maximum absolute atomic E-state index is 7.35. The Morgan fingerprint density at radius 2 is 2.14 bits per heavy atom. The van der Waals surface area contributed by atoms with E-state index in [1.807, 2.05) is 18.2 Å². The summed E-state index contributed by atoms with van der Waals surface area (Å²) in [6.07, 6.45) is 0.745. The van der Waals surface area contributed by atoms with Crippen molar-refractivity contribution >= 4 is 18.5 Å². The van der Waals surface area contributed by atoms with Gasteiger partial charge in [-0.1, -0.05) is 30.0 Å². The van der Waals surface area contributed by atoms with Crippen molar-refractivity contribution in [2.24, 2.45) is 5.73 Å². The molecule has 3 N–H and O–H groups in total. The summed E-state index contributed by atoms with van der Waals surface area (Å²) < 4.78 is 0. The minimum atomic E-state index is 0.0563. The highest BCUT2D eigenvalue weighted by Gasteiger charge is 2.00. The lowest BCUT2D eigenvalue weighted by Crippen LogP contribution is -2.12. The first-order valence-corrected chi connectivity index (χ1v) is 4.92. The van der Waals surface area contributed by atoms with Crippen LogP contribution in [0.3, 0.4) is 0 Å². The van der Waals surface area contributed by atoms with Crippen LogP contribution < -0.4 is 5.73 Å². The second-order valence-corrected chi connectivity index (χ2v) is 3.18. The zero-order valence-electron chi connectivity index (χ0n) is 7.75. The molecule has 0 amide bonds. The van der Waals surface area contributed by atoms with Gasteiger partial charge >= 0.3 is 0 Å². The number of rotatable bonds is 2. The summed E-state index contributed by atoms with van der Waals surface area (Å²) >= 11 is 4.06. The minimum absolute atomic E-state index is 0.0563. The van der Waals surface area contributed by atoms with Crippen LogP contribution in [0, 0.1) is 17.3 Å². The van der Waals surface area contributed by atoms with Gasteiger partial charge in [0, 0.05) is 23.3 Å². The van der Waals surface area contributed by atoms with Crippen LogP contribution in [0.2, 0.25) is 0 Å². The van der Waals surface area contributed by atoms with E-state index in [0.29, 0.717) is 5.56 Å². The Hall–Kier alpha value is -1.40. The second-order valence-electron chi connectivity index (χ2n) is 2.73. The predicted octanol–water partition coefficient (Wildman–Crippen LogP) is 1.64. The lowest BCUT2D eigenvalue weighted by Gasteiger charge is -2.00. The zero-order valence-corrected chi connectivity index (χ0v) is 8.64. The molecule has 0 fully saturated rings. The third-order valence-electron chi connectivity index (χ3n) is 1.68. The number of nitrogens with two attached hydrogens (primary N) is 1. The monoisotopic (exact) mass is 204 g/mol. The average Bonchev–Trinajstić information content (AvgIpc) is 2.19. The van der Waals surface area contributed by atoms with Crippen LogP contribution in [0.4, 0.5) is 0 Å². The van der Waals surface area contributed by atoms with Gasteiger partial charge in [-0.3, -0.25) is 5.41 Å². The van der Waals surface area contributed by atoms with Gasteiger partial charge in [0.15, 0.2) is 0 Å². The number of hydrogen-bond acceptors (Lipinski definition) is 2. The molecular formula is C11H12N2S. The molecule has 72 valence electrons. The lowest BCUT2D eigenvalue weighted by atomic mass is 10.1. The van der Waals surface area contributed by atoms with Crippen molar-refractivity contribution in [3.05, 3.63) is 35.4 Å². The fraction of sp³-hybridized carbons (Fsp3) is 0.182. The van der Waals surface area contributed by atoms with Crippen LogP contribution in [0.25, 0.3) is 0 Å². The minimum Gasteiger partial charge on any atom is -0.384 e. The number of benzene rings is 1. The molecule has 1 aromatic rings. The van der Waals surface area contributed by atoms with Crippen LogP contribution in [0.15, 0.2) is 24.3 Å². The number of hydrogen-bond donors (Lipinski definition) is 3. The van der Waals surface area contributed by atoms with Crippen molar-refractivity contribution < 1.29 is 0 Å². The smallest absolute Gasteiger partial charge is 0.124 e. The van der Waals surface area contributed by atoms with Gasteiger partial charge in [-0.2, -0.15) is 12.6 Å². The summed E-state index contributed by atoms with van der Waals surface area (Å²) in [5.74, 6) is 6.75. The Morgan fingerprint density at radius 1 is 1.43 bits per heavy atom. The van der Waals surface area contributed by atoms with Gasteiger partial charge in [0.05, 0.1) is 0 Å². The molecule has 2 nitrogen and oxygen atoms in total. The van der Waals surface area contributed by atoms with Crippen molar-refractivity contribution in [1.82, 2.24) is 0 Å². The van der Waals surface area contributed by atoms with Gasteiger partial charge in [-0.15, -0.1) is 0 Å². The van der Waals surface area contributed by atoms with E-state index in [2.05, 4.69) is 24.5 Å². The first-order chi connectivity index (χ1) is 6.75. The highest BCUT2D eigenvalue weighted by molar-refractivity contribution is 7.80. The van der Waals surface area contributed by atoms with Crippen LogP contribution >= 0.6 is 12.6 Å². The summed E-state index contributed by atoms with van der Waals surface area (Å²) in [6, 6.07) is 7.40. The van der Waals surface area contributed by atoms with Crippen LogP contribution in [0.5, 0.6) is 0 Å². The molecule has 1 aromatic carbocycles. The van der Waals surface area contributed by atoms with Gasteiger partial charge in [0.25, 0.3) is 0 Å². The van der Waals surface area contributed by atoms with Crippen molar-refractivity contribution in [3.8, 4) is 11.8 Å². The molecular weight excluding hydrogens is 192 g/mol. The molecule has 0 spiro atoms. The number of nitrogens with one attached hydrogen (secondary N) is 1. The Kier molecular flexibility index (Phi) is 4.09. The fourth-order valence-corrected chi connectivity index (χ4v) is 1.15. The third kappa shape index (κ3) is 2.82. The summed E-state index contributed by atoms with van der Waals surface area (Å²) in [5, 5.41) is 7.35. The van der Waals surface area contributed by atoms with Gasteiger partial charge in [0.1, 0.15) is 5.84 Å². The molecule has 3 heteroatoms. The Balaban J connectivity index is 2.97. The quantitative estimate of drug-likeness (QED) is 0.292. The highest BCUT2D eigenvalue weighted by Crippen LogP contribution is 2.05. The first kappa shape index (κ1) is 10.7. The second kappa shape index (κ2) is 5.36. The van der Waals surface area contributed by atoms with E-state index in [-0.39, 0.29) is 5.84 Å². The molecule has 14 heavy (non-hydrogen) atoms. The normalized spacial score (nSPS) is 8.93. The van der Waals surface area contributed by atoms with E-state index in [1.165, 1.54) is 0 Å². The van der Waals surface area contributed by atoms with Gasteiger partial charge in [-0.05, 0) is 6.07 Å². The van der Waals surface area contributed by atoms with E-state index >= 15 is 0 Å². The first-order valence-electron chi connectivity index (χ1n) is 4.29. The largest absolute Gasteiger partial charge is 0.384 e. The standard InChI is InChI=1S/C11H12N2S/c12-11(13)10-7-2-1-5-9(10)6-3-4-8-14/h1-2,5,7,14H,4,8H2,(H3,12,13). The van der Waals surface area contributed by atoms with Crippen molar-refractivity contribution in [3.63, 3.8) is 0 Å². The molecule has 0 heterocycles. The molecule has 0 unspecified atom stereocenters. The van der Waals surface area contributed by atoms with Crippen LogP contribution in [-0.2, 0) is 0 Å². The average molecular weight is 204 g/mol. The molecule has 0 aliphatic carbocycles. The van der Waals surface area contributed by atoms with Gasteiger partial charge in [0.2, 0.25) is 0 Å². The van der Waals surface area contributed by atoms with Crippen molar-refractivity contribution in [2.45, 2.75) is 6.42 Å². The van der Waals surface area contributed by atoms with E-state index in [9.17, 15) is 0 Å². The molecule has 0 saturated heterocycles. The molecule has 0 aliphatic heterocycles. The molecule has 0 radical (unpaired) electrons. The molecule has 0 atom stereocenters. The molecule has 0 aromatic heterocycles. The highest BCUT2D eigenvalue weighted by atomic mass is 32.1. The van der Waals surface area contributed by atoms with Crippen molar-refractivity contribution in [1.29, 1.82) is 5.41 Å². The van der Waals surface area contributed by atoms with E-state index < -0.39 is 0 Å². The summed E-state index contributed by atoms with van der Waals surface area (Å²) in [5.41, 5.74) is 6.92. The fourth-order valence-electron chi connectivity index (χ4n) is 1.04. The summed E-state index contributed by atoms with van der Waals surface area (Å²) in [7, 11) is 0. The molecule has 0 saturated carbocycles. The lowest BCUT2D eigenvalue weighted by molar-refractivity contribution is 1.31. The van der Waals surface area contributed by atoms with Gasteiger partial charge in [-0.25, -0.2) is 0 Å². The molecule has 0 bridgehead atoms.